The van der Waals surface area contributed by atoms with Crippen LogP contribution in [-0.2, 0) is 17.6 Å². The maximum absolute atomic E-state index is 12.4. The fraction of sp³-hybridized carbons (Fsp3) is 0.588. The van der Waals surface area contributed by atoms with Crippen molar-refractivity contribution >= 4 is 27.5 Å². The summed E-state index contributed by atoms with van der Waals surface area (Å²) >= 11 is 3.70. The van der Waals surface area contributed by atoms with Gasteiger partial charge in [0.1, 0.15) is 0 Å². The Morgan fingerprint density at radius 2 is 2.20 bits per heavy atom. The molecule has 1 amide bonds. The summed E-state index contributed by atoms with van der Waals surface area (Å²) < 4.78 is 0. The molecule has 1 saturated carbocycles. The van der Waals surface area contributed by atoms with Gasteiger partial charge >= 0.3 is 0 Å². The average Bonchev–Trinajstić information content (AvgIpc) is 3.21. The highest BCUT2D eigenvalue weighted by molar-refractivity contribution is 9.09. The van der Waals surface area contributed by atoms with Crippen molar-refractivity contribution in [1.29, 1.82) is 0 Å². The van der Waals surface area contributed by atoms with E-state index in [9.17, 15) is 4.79 Å². The van der Waals surface area contributed by atoms with Crippen molar-refractivity contribution in [2.24, 2.45) is 5.92 Å². The number of amides is 1. The van der Waals surface area contributed by atoms with Gasteiger partial charge < -0.3 is 4.90 Å². The molecule has 0 spiro atoms. The molecule has 1 aromatic carbocycles. The number of fused-ring (bicyclic) bond motifs is 1. The number of anilines is 1. The summed E-state index contributed by atoms with van der Waals surface area (Å²) in [6, 6.07) is 6.97. The summed E-state index contributed by atoms with van der Waals surface area (Å²) in [6.45, 7) is 4.37. The normalized spacial score (nSPS) is 22.8. The Bertz CT molecular complexity index is 524. The largest absolute Gasteiger partial charge is 0.309 e. The average molecular weight is 336 g/mol. The van der Waals surface area contributed by atoms with Crippen molar-refractivity contribution in [3.8, 4) is 0 Å². The molecule has 108 valence electrons. The molecule has 2 nitrogen and oxygen atoms in total. The third-order valence-corrected chi connectivity index (χ3v) is 5.39. The van der Waals surface area contributed by atoms with Crippen molar-refractivity contribution in [3.05, 3.63) is 29.3 Å². The SMILES string of the molecule is CCC(Br)Cc1ccc2c(c1)CC(C)N2C(=O)C1CC1. The van der Waals surface area contributed by atoms with Crippen LogP contribution < -0.4 is 4.90 Å². The minimum absolute atomic E-state index is 0.301. The number of nitrogens with zero attached hydrogens (tertiary/aromatic N) is 1. The second kappa shape index (κ2) is 5.51. The van der Waals surface area contributed by atoms with E-state index in [2.05, 4.69) is 48.0 Å². The third-order valence-electron chi connectivity index (χ3n) is 4.42. The van der Waals surface area contributed by atoms with Gasteiger partial charge in [-0.2, -0.15) is 0 Å². The van der Waals surface area contributed by atoms with Gasteiger partial charge in [-0.15, -0.1) is 0 Å². The van der Waals surface area contributed by atoms with Crippen LogP contribution in [0.2, 0.25) is 0 Å². The highest BCUT2D eigenvalue weighted by atomic mass is 79.9. The topological polar surface area (TPSA) is 20.3 Å². The fourth-order valence-corrected chi connectivity index (χ4v) is 3.45. The maximum Gasteiger partial charge on any atom is 0.230 e. The van der Waals surface area contributed by atoms with Gasteiger partial charge in [0, 0.05) is 22.5 Å². The minimum Gasteiger partial charge on any atom is -0.309 e. The predicted molar refractivity (Wildman–Crippen MR) is 86.5 cm³/mol. The lowest BCUT2D eigenvalue weighted by molar-refractivity contribution is -0.120. The first-order valence-electron chi connectivity index (χ1n) is 7.69. The number of carbonyl (C=O) groups excluding carboxylic acids is 1. The molecule has 0 saturated heterocycles. The lowest BCUT2D eigenvalue weighted by Crippen LogP contribution is -2.36. The third kappa shape index (κ3) is 2.65. The number of carbonyl (C=O) groups is 1. The summed E-state index contributed by atoms with van der Waals surface area (Å²) in [5.74, 6) is 0.644. The molecule has 0 aromatic heterocycles. The number of benzene rings is 1. The molecular weight excluding hydrogens is 314 g/mol. The van der Waals surface area contributed by atoms with Crippen molar-refractivity contribution in [3.63, 3.8) is 0 Å². The van der Waals surface area contributed by atoms with Gasteiger partial charge in [0.05, 0.1) is 0 Å². The molecule has 3 rings (SSSR count). The van der Waals surface area contributed by atoms with E-state index in [-0.39, 0.29) is 0 Å². The molecule has 0 bridgehead atoms. The van der Waals surface area contributed by atoms with Crippen LogP contribution in [0.5, 0.6) is 0 Å². The maximum atomic E-state index is 12.4. The van der Waals surface area contributed by atoms with E-state index in [4.69, 9.17) is 0 Å². The van der Waals surface area contributed by atoms with E-state index in [0.717, 1.165) is 37.8 Å². The van der Waals surface area contributed by atoms with E-state index in [1.165, 1.54) is 11.1 Å². The number of hydrogen-bond acceptors (Lipinski definition) is 1. The van der Waals surface area contributed by atoms with Crippen LogP contribution in [0.3, 0.4) is 0 Å². The number of halogens is 1. The Balaban J connectivity index is 1.83. The summed E-state index contributed by atoms with van der Waals surface area (Å²) in [6.07, 6.45) is 5.36. The molecule has 2 atom stereocenters. The summed E-state index contributed by atoms with van der Waals surface area (Å²) in [7, 11) is 0. The first-order valence-corrected chi connectivity index (χ1v) is 8.60. The first-order chi connectivity index (χ1) is 9.60. The molecule has 20 heavy (non-hydrogen) atoms. The Kier molecular flexibility index (Phi) is 3.89. The van der Waals surface area contributed by atoms with Crippen LogP contribution in [0, 0.1) is 5.92 Å². The number of rotatable bonds is 4. The van der Waals surface area contributed by atoms with Gasteiger partial charge in [0.2, 0.25) is 5.91 Å². The van der Waals surface area contributed by atoms with Crippen molar-refractivity contribution in [1.82, 2.24) is 0 Å². The standard InChI is InChI=1S/C17H22BrNO/c1-3-15(18)10-12-4-7-16-14(9-12)8-11(2)19(16)17(20)13-5-6-13/h4,7,9,11,13,15H,3,5-6,8,10H2,1-2H3. The predicted octanol–water partition coefficient (Wildman–Crippen LogP) is 4.09. The molecule has 2 unspecified atom stereocenters. The van der Waals surface area contributed by atoms with Gasteiger partial charge in [-0.1, -0.05) is 35.0 Å². The zero-order valence-corrected chi connectivity index (χ0v) is 13.8. The molecular formula is C17H22BrNO. The first kappa shape index (κ1) is 14.1. The van der Waals surface area contributed by atoms with Crippen LogP contribution in [0.25, 0.3) is 0 Å². The van der Waals surface area contributed by atoms with Crippen LogP contribution in [0.1, 0.15) is 44.2 Å². The van der Waals surface area contributed by atoms with E-state index in [1.807, 2.05) is 4.90 Å². The molecule has 0 N–H and O–H groups in total. The van der Waals surface area contributed by atoms with Crippen LogP contribution in [-0.4, -0.2) is 16.8 Å². The van der Waals surface area contributed by atoms with E-state index < -0.39 is 0 Å². The molecule has 2 aliphatic rings. The zero-order chi connectivity index (χ0) is 14.3. The lowest BCUT2D eigenvalue weighted by Gasteiger charge is -2.22. The van der Waals surface area contributed by atoms with Gasteiger partial charge in [0.25, 0.3) is 0 Å². The van der Waals surface area contributed by atoms with Crippen molar-refractivity contribution in [2.75, 3.05) is 4.90 Å². The highest BCUT2D eigenvalue weighted by Gasteiger charge is 2.39. The van der Waals surface area contributed by atoms with Gasteiger partial charge in [-0.3, -0.25) is 4.79 Å². The number of alkyl halides is 1. The molecule has 1 aliphatic heterocycles. The Morgan fingerprint density at radius 3 is 2.85 bits per heavy atom. The van der Waals surface area contributed by atoms with E-state index in [1.54, 1.807) is 0 Å². The van der Waals surface area contributed by atoms with Gasteiger partial charge in [0.15, 0.2) is 0 Å². The van der Waals surface area contributed by atoms with Gasteiger partial charge in [-0.05, 0) is 56.2 Å². The van der Waals surface area contributed by atoms with Crippen LogP contribution in [0.15, 0.2) is 18.2 Å². The second-order valence-electron chi connectivity index (χ2n) is 6.21. The van der Waals surface area contributed by atoms with E-state index >= 15 is 0 Å². The molecule has 1 fully saturated rings. The Hall–Kier alpha value is -0.830. The summed E-state index contributed by atoms with van der Waals surface area (Å²) in [4.78, 5) is 15.0. The zero-order valence-electron chi connectivity index (χ0n) is 12.2. The number of hydrogen-bond donors (Lipinski definition) is 0. The molecule has 1 heterocycles. The van der Waals surface area contributed by atoms with Crippen LogP contribution in [0.4, 0.5) is 5.69 Å². The molecule has 1 aliphatic carbocycles. The minimum atomic E-state index is 0.301. The summed E-state index contributed by atoms with van der Waals surface area (Å²) in [5, 5.41) is 0. The van der Waals surface area contributed by atoms with Crippen molar-refractivity contribution in [2.45, 2.75) is 56.8 Å². The Morgan fingerprint density at radius 1 is 1.45 bits per heavy atom. The Labute approximate surface area is 129 Å². The summed E-state index contributed by atoms with van der Waals surface area (Å²) in [5.41, 5.74) is 3.88. The fourth-order valence-electron chi connectivity index (χ4n) is 3.07. The molecule has 1 aromatic rings. The van der Waals surface area contributed by atoms with E-state index in [0.29, 0.717) is 22.7 Å². The monoisotopic (exact) mass is 335 g/mol. The second-order valence-corrected chi connectivity index (χ2v) is 7.50. The smallest absolute Gasteiger partial charge is 0.230 e. The van der Waals surface area contributed by atoms with Gasteiger partial charge in [-0.25, -0.2) is 0 Å². The van der Waals surface area contributed by atoms with Crippen LogP contribution >= 0.6 is 15.9 Å². The highest BCUT2D eigenvalue weighted by Crippen LogP contribution is 2.39. The molecule has 3 heteroatoms. The molecule has 0 radical (unpaired) electrons. The quantitative estimate of drug-likeness (QED) is 0.759. The van der Waals surface area contributed by atoms with Crippen molar-refractivity contribution < 1.29 is 4.79 Å². The lowest BCUT2D eigenvalue weighted by atomic mass is 10.0.